The van der Waals surface area contributed by atoms with Crippen LogP contribution in [-0.2, 0) is 14.3 Å². The van der Waals surface area contributed by atoms with Gasteiger partial charge in [-0.05, 0) is 90.9 Å². The second-order valence-corrected chi connectivity index (χ2v) is 15.1. The minimum atomic E-state index is -1.15. The summed E-state index contributed by atoms with van der Waals surface area (Å²) in [5.74, 6) is -1.67. The van der Waals surface area contributed by atoms with E-state index in [4.69, 9.17) is 9.84 Å². The fourth-order valence-electron chi connectivity index (χ4n) is 4.78. The van der Waals surface area contributed by atoms with E-state index in [2.05, 4.69) is 111 Å². The maximum Gasteiger partial charge on any atom is 0.311 e. The number of hydrogen-bond acceptors (Lipinski definition) is 8. The molecule has 0 rings (SSSR count). The quantitative estimate of drug-likeness (QED) is 0.0307. The van der Waals surface area contributed by atoms with Crippen LogP contribution < -0.4 is 5.11 Å². The molecule has 0 saturated carbocycles. The standard InChI is InChI=1S/C27H42O5.C24H36O3/c1-4-5-6-7-8-9-10-11-12-13-14-15-16-17-18-19-20-24(29)21-27(2,3)26(31)32-23-25(30)22-28;1-4-5-6-7-8-9-10-11-12-13-14-15-16-17-18-19-20-22(25)21-24(2,3)23(26)27/h5-6,8-9,11-12,14-15,17-20,24-25,28-30H,4,7,10,13,16,21-23H2,1-3H3;5-6,8-9,11-12,14-15,17-20,22,25H,4,7,10,13,16,21H2,1-3H3,(H,26,27)/p-1/b2*6-5-,9-8-,12-11-,15-14-,18-17-,20-19+. The van der Waals surface area contributed by atoms with Crippen LogP contribution in [0.1, 0.15) is 119 Å². The summed E-state index contributed by atoms with van der Waals surface area (Å²) in [5.41, 5.74) is -1.94. The predicted octanol–water partition coefficient (Wildman–Crippen LogP) is 9.79. The third kappa shape index (κ3) is 38.9. The molecular formula is C51H77O8-. The maximum atomic E-state index is 12.1. The van der Waals surface area contributed by atoms with Gasteiger partial charge in [0, 0.05) is 11.4 Å². The fourth-order valence-corrected chi connectivity index (χ4v) is 4.78. The Morgan fingerprint density at radius 3 is 1.12 bits per heavy atom. The Morgan fingerprint density at radius 2 is 0.814 bits per heavy atom. The van der Waals surface area contributed by atoms with Crippen molar-refractivity contribution in [3.8, 4) is 0 Å². The van der Waals surface area contributed by atoms with Crippen molar-refractivity contribution in [1.29, 1.82) is 0 Å². The second-order valence-electron chi connectivity index (χ2n) is 15.1. The summed E-state index contributed by atoms with van der Waals surface area (Å²) in [6.07, 6.45) is 56.2. The molecule has 0 aliphatic heterocycles. The van der Waals surface area contributed by atoms with Crippen molar-refractivity contribution < 1.29 is 39.9 Å². The lowest BCUT2D eigenvalue weighted by atomic mass is 9.86. The predicted molar refractivity (Wildman–Crippen MR) is 245 cm³/mol. The number of allylic oxidation sites excluding steroid dienone is 22. The molecule has 0 amide bonds. The van der Waals surface area contributed by atoms with Crippen LogP contribution in [0.15, 0.2) is 146 Å². The van der Waals surface area contributed by atoms with Gasteiger partial charge in [-0.15, -0.1) is 0 Å². The minimum absolute atomic E-state index is 0.135. The Kier molecular flexibility index (Phi) is 37.6. The van der Waals surface area contributed by atoms with Crippen LogP contribution in [0.4, 0.5) is 0 Å². The van der Waals surface area contributed by atoms with Gasteiger partial charge in [0.1, 0.15) is 12.7 Å². The van der Waals surface area contributed by atoms with Crippen molar-refractivity contribution in [3.05, 3.63) is 146 Å². The number of carboxylic acid groups (broad SMARTS) is 1. The molecule has 0 heterocycles. The summed E-state index contributed by atoms with van der Waals surface area (Å²) in [4.78, 5) is 23.0. The van der Waals surface area contributed by atoms with Gasteiger partial charge >= 0.3 is 5.97 Å². The monoisotopic (exact) mass is 818 g/mol. The average Bonchev–Trinajstić information content (AvgIpc) is 3.19. The zero-order valence-electron chi connectivity index (χ0n) is 36.9. The topological polar surface area (TPSA) is 147 Å². The second kappa shape index (κ2) is 39.1. The molecule has 4 N–H and O–H groups in total. The van der Waals surface area contributed by atoms with E-state index >= 15 is 0 Å². The summed E-state index contributed by atoms with van der Waals surface area (Å²) in [7, 11) is 0. The molecule has 0 aromatic carbocycles. The first-order chi connectivity index (χ1) is 28.2. The summed E-state index contributed by atoms with van der Waals surface area (Å²) in [6.45, 7) is 10.00. The number of aliphatic carboxylic acids is 1. The normalized spacial score (nSPS) is 15.1. The minimum Gasteiger partial charge on any atom is -0.550 e. The molecule has 0 aliphatic carbocycles. The van der Waals surface area contributed by atoms with E-state index in [1.54, 1.807) is 52.0 Å². The van der Waals surface area contributed by atoms with Crippen molar-refractivity contribution in [2.24, 2.45) is 10.8 Å². The molecule has 0 bridgehead atoms. The van der Waals surface area contributed by atoms with Gasteiger partial charge in [-0.1, -0.05) is 174 Å². The van der Waals surface area contributed by atoms with Crippen LogP contribution in [-0.4, -0.2) is 63.9 Å². The molecule has 0 aliphatic rings. The van der Waals surface area contributed by atoms with Gasteiger partial charge in [0.15, 0.2) is 0 Å². The van der Waals surface area contributed by atoms with Gasteiger partial charge < -0.3 is 35.1 Å². The number of hydrogen-bond donors (Lipinski definition) is 4. The van der Waals surface area contributed by atoms with Gasteiger partial charge in [-0.25, -0.2) is 0 Å². The summed E-state index contributed by atoms with van der Waals surface area (Å²) in [6, 6.07) is 0. The van der Waals surface area contributed by atoms with Crippen LogP contribution in [0.5, 0.6) is 0 Å². The molecular weight excluding hydrogens is 741 g/mol. The molecule has 0 spiro atoms. The summed E-state index contributed by atoms with van der Waals surface area (Å²) in [5, 5.41) is 48.8. The van der Waals surface area contributed by atoms with E-state index in [0.29, 0.717) is 0 Å². The van der Waals surface area contributed by atoms with Gasteiger partial charge in [0.05, 0.1) is 24.2 Å². The molecule has 59 heavy (non-hydrogen) atoms. The average molecular weight is 818 g/mol. The highest BCUT2D eigenvalue weighted by Crippen LogP contribution is 2.25. The van der Waals surface area contributed by atoms with Crippen molar-refractivity contribution in [2.75, 3.05) is 13.2 Å². The van der Waals surface area contributed by atoms with Gasteiger partial charge in [-0.2, -0.15) is 0 Å². The molecule has 3 atom stereocenters. The van der Waals surface area contributed by atoms with E-state index < -0.39 is 47.7 Å². The Morgan fingerprint density at radius 1 is 0.508 bits per heavy atom. The van der Waals surface area contributed by atoms with Crippen LogP contribution in [0.3, 0.4) is 0 Å². The van der Waals surface area contributed by atoms with Crippen molar-refractivity contribution >= 4 is 11.9 Å². The first-order valence-corrected chi connectivity index (χ1v) is 21.1. The number of aliphatic hydroxyl groups excluding tert-OH is 4. The Bertz CT molecular complexity index is 1430. The third-order valence-electron chi connectivity index (χ3n) is 8.30. The first kappa shape index (κ1) is 56.8. The number of aliphatic hydroxyl groups is 4. The van der Waals surface area contributed by atoms with Crippen LogP contribution >= 0.6 is 0 Å². The zero-order chi connectivity index (χ0) is 44.5. The molecule has 3 unspecified atom stereocenters. The molecule has 0 radical (unpaired) electrons. The van der Waals surface area contributed by atoms with E-state index in [9.17, 15) is 30.0 Å². The van der Waals surface area contributed by atoms with Crippen LogP contribution in [0, 0.1) is 10.8 Å². The number of carbonyl (C=O) groups is 2. The van der Waals surface area contributed by atoms with Crippen molar-refractivity contribution in [1.82, 2.24) is 0 Å². The summed E-state index contributed by atoms with van der Waals surface area (Å²) < 4.78 is 4.98. The molecule has 0 saturated heterocycles. The van der Waals surface area contributed by atoms with E-state index in [-0.39, 0.29) is 19.4 Å². The molecule has 0 fully saturated rings. The highest BCUT2D eigenvalue weighted by Gasteiger charge is 2.31. The smallest absolute Gasteiger partial charge is 0.311 e. The first-order valence-electron chi connectivity index (χ1n) is 21.1. The Hall–Kier alpha value is -4.34. The lowest BCUT2D eigenvalue weighted by Gasteiger charge is -2.27. The SMILES string of the molecule is CC/C=C\C/C=C\C/C=C\C/C=C\C/C=C\C=C\C(O)CC(C)(C)C(=O)OCC(O)CO.CC/C=C\C/C=C\C/C=C\C/C=C\C/C=C\C=C\C(O)CC(C)(C)C(=O)[O-]. The molecule has 0 aromatic rings. The Balaban J connectivity index is 0. The van der Waals surface area contributed by atoms with E-state index in [0.717, 1.165) is 64.2 Å². The van der Waals surface area contributed by atoms with Crippen molar-refractivity contribution in [3.63, 3.8) is 0 Å². The molecule has 330 valence electrons. The zero-order valence-corrected chi connectivity index (χ0v) is 36.9. The third-order valence-corrected chi connectivity index (χ3v) is 8.30. The van der Waals surface area contributed by atoms with Crippen LogP contribution in [0.2, 0.25) is 0 Å². The molecule has 0 aromatic heterocycles. The Labute approximate surface area is 357 Å². The fraction of sp³-hybridized carbons (Fsp3) is 0.490. The van der Waals surface area contributed by atoms with Gasteiger partial charge in [-0.3, -0.25) is 4.79 Å². The number of carboxylic acids is 1. The lowest BCUT2D eigenvalue weighted by Crippen LogP contribution is -2.40. The highest BCUT2D eigenvalue weighted by atomic mass is 16.5. The molecule has 8 nitrogen and oxygen atoms in total. The highest BCUT2D eigenvalue weighted by molar-refractivity contribution is 5.76. The lowest BCUT2D eigenvalue weighted by molar-refractivity contribution is -0.318. The maximum absolute atomic E-state index is 12.1. The van der Waals surface area contributed by atoms with Gasteiger partial charge in [0.25, 0.3) is 0 Å². The number of carbonyl (C=O) groups excluding carboxylic acids is 2. The number of rotatable bonds is 31. The molecule has 8 heteroatoms. The number of esters is 1. The van der Waals surface area contributed by atoms with Crippen LogP contribution in [0.25, 0.3) is 0 Å². The van der Waals surface area contributed by atoms with Gasteiger partial charge in [0.2, 0.25) is 0 Å². The van der Waals surface area contributed by atoms with E-state index in [1.807, 2.05) is 24.3 Å². The summed E-state index contributed by atoms with van der Waals surface area (Å²) >= 11 is 0. The largest absolute Gasteiger partial charge is 0.550 e. The number of ether oxygens (including phenoxy) is 1. The van der Waals surface area contributed by atoms with E-state index in [1.165, 1.54) is 0 Å². The van der Waals surface area contributed by atoms with Crippen molar-refractivity contribution in [2.45, 2.75) is 137 Å².